The Morgan fingerprint density at radius 2 is 1.61 bits per heavy atom. The summed E-state index contributed by atoms with van der Waals surface area (Å²) in [5.74, 6) is 0.172. The molecular formula is C24H20ClF4N5O4. The maximum atomic E-state index is 13.9. The molecule has 3 N–H and O–H groups in total. The van der Waals surface area contributed by atoms with Gasteiger partial charge in [-0.25, -0.2) is 19.0 Å². The molecule has 3 aromatic carbocycles. The third-order valence-corrected chi connectivity index (χ3v) is 5.14. The van der Waals surface area contributed by atoms with Crippen molar-refractivity contribution in [2.75, 3.05) is 23.1 Å². The fourth-order valence-corrected chi connectivity index (χ4v) is 3.31. The summed E-state index contributed by atoms with van der Waals surface area (Å²) >= 11 is 0. The molecule has 0 saturated carbocycles. The zero-order valence-corrected chi connectivity index (χ0v) is 20.5. The first-order chi connectivity index (χ1) is 17.5. The number of hydrogen-bond donors (Lipinski definition) is 3. The van der Waals surface area contributed by atoms with Gasteiger partial charge in [0.25, 0.3) is 0 Å². The number of anilines is 3. The van der Waals surface area contributed by atoms with Crippen LogP contribution in [0.2, 0.25) is 0 Å². The van der Waals surface area contributed by atoms with Crippen LogP contribution in [0.3, 0.4) is 0 Å². The molecule has 0 unspecified atom stereocenters. The van der Waals surface area contributed by atoms with Crippen LogP contribution in [-0.4, -0.2) is 28.8 Å². The fourth-order valence-electron chi connectivity index (χ4n) is 3.31. The number of alkyl halides is 3. The van der Waals surface area contributed by atoms with Gasteiger partial charge in [0.15, 0.2) is 0 Å². The van der Waals surface area contributed by atoms with Crippen LogP contribution >= 0.6 is 12.4 Å². The number of imidazole rings is 1. The predicted molar refractivity (Wildman–Crippen MR) is 135 cm³/mol. The molecule has 4 aromatic rings. The standard InChI is InChI=1S/C24H19F4N5O4.ClH/c1-33-20-12-16(8-10-18(20)30-21(33)32-23(35)36-2)37-15-6-4-14(5-7-15)29-22(34)31-19-11-13(24(26,27)28)3-9-17(19)25;/h3-12H,1-2H3,(H2,29,31,34)(H,30,32,35);1H. The lowest BCUT2D eigenvalue weighted by Crippen LogP contribution is -2.20. The van der Waals surface area contributed by atoms with E-state index >= 15 is 0 Å². The minimum absolute atomic E-state index is 0. The smallest absolute Gasteiger partial charge is 0.416 e. The van der Waals surface area contributed by atoms with Gasteiger partial charge in [-0.2, -0.15) is 13.2 Å². The Morgan fingerprint density at radius 1 is 0.921 bits per heavy atom. The van der Waals surface area contributed by atoms with Crippen LogP contribution in [-0.2, 0) is 18.0 Å². The summed E-state index contributed by atoms with van der Waals surface area (Å²) in [5.41, 5.74) is -0.115. The van der Waals surface area contributed by atoms with Crippen LogP contribution < -0.4 is 20.7 Å². The van der Waals surface area contributed by atoms with E-state index < -0.39 is 35.4 Å². The number of carbonyl (C=O) groups excluding carboxylic acids is 2. The lowest BCUT2D eigenvalue weighted by Gasteiger charge is -2.12. The highest BCUT2D eigenvalue weighted by molar-refractivity contribution is 6.00. The number of aryl methyl sites for hydroxylation is 1. The van der Waals surface area contributed by atoms with Crippen LogP contribution in [0.4, 0.5) is 44.5 Å². The molecule has 4 rings (SSSR count). The van der Waals surface area contributed by atoms with Gasteiger partial charge in [0.05, 0.1) is 29.4 Å². The quantitative estimate of drug-likeness (QED) is 0.237. The molecule has 0 bridgehead atoms. The SMILES string of the molecule is COC(=O)Nc1nc2ccc(Oc3ccc(NC(=O)Nc4cc(C(F)(F)F)ccc4F)cc3)cc2n1C.Cl. The average molecular weight is 554 g/mol. The maximum Gasteiger partial charge on any atom is 0.416 e. The molecule has 9 nitrogen and oxygen atoms in total. The largest absolute Gasteiger partial charge is 0.457 e. The van der Waals surface area contributed by atoms with E-state index in [1.54, 1.807) is 41.9 Å². The number of aromatic nitrogens is 2. The minimum Gasteiger partial charge on any atom is -0.457 e. The van der Waals surface area contributed by atoms with Crippen molar-refractivity contribution in [3.63, 3.8) is 0 Å². The number of halogens is 5. The van der Waals surface area contributed by atoms with Gasteiger partial charge >= 0.3 is 18.3 Å². The van der Waals surface area contributed by atoms with Gasteiger partial charge in [0, 0.05) is 18.8 Å². The third-order valence-electron chi connectivity index (χ3n) is 5.14. The van der Waals surface area contributed by atoms with Gasteiger partial charge in [0.2, 0.25) is 5.95 Å². The number of urea groups is 1. The second-order valence-corrected chi connectivity index (χ2v) is 7.66. The molecule has 38 heavy (non-hydrogen) atoms. The Bertz CT molecular complexity index is 1480. The summed E-state index contributed by atoms with van der Waals surface area (Å²) in [4.78, 5) is 28.0. The van der Waals surface area contributed by atoms with Crippen LogP contribution in [0.15, 0.2) is 60.7 Å². The Balaban J connectivity index is 0.00000400. The monoisotopic (exact) mass is 553 g/mol. The first kappa shape index (κ1) is 28.1. The van der Waals surface area contributed by atoms with Crippen molar-refractivity contribution >= 4 is 52.9 Å². The first-order valence-corrected chi connectivity index (χ1v) is 10.6. The number of carbonyl (C=O) groups is 2. The number of amides is 3. The van der Waals surface area contributed by atoms with Crippen molar-refractivity contribution in [3.8, 4) is 11.5 Å². The van der Waals surface area contributed by atoms with Crippen molar-refractivity contribution in [3.05, 3.63) is 72.0 Å². The van der Waals surface area contributed by atoms with Crippen LogP contribution in [0.5, 0.6) is 11.5 Å². The van der Waals surface area contributed by atoms with E-state index in [2.05, 4.69) is 25.7 Å². The molecule has 3 amide bonds. The molecule has 0 aliphatic heterocycles. The van der Waals surface area contributed by atoms with Crippen molar-refractivity contribution < 1.29 is 36.6 Å². The van der Waals surface area contributed by atoms with Gasteiger partial charge in [-0.15, -0.1) is 12.4 Å². The van der Waals surface area contributed by atoms with E-state index in [1.807, 2.05) is 0 Å². The highest BCUT2D eigenvalue weighted by Gasteiger charge is 2.31. The minimum atomic E-state index is -4.68. The number of benzene rings is 3. The molecule has 0 aliphatic carbocycles. The molecular weight excluding hydrogens is 534 g/mol. The number of nitrogens with one attached hydrogen (secondary N) is 3. The number of fused-ring (bicyclic) bond motifs is 1. The Morgan fingerprint density at radius 3 is 2.26 bits per heavy atom. The predicted octanol–water partition coefficient (Wildman–Crippen LogP) is 6.77. The number of ether oxygens (including phenoxy) is 2. The number of methoxy groups -OCH3 is 1. The summed E-state index contributed by atoms with van der Waals surface area (Å²) in [5, 5.41) is 6.99. The zero-order chi connectivity index (χ0) is 26.7. The molecule has 0 atom stereocenters. The lowest BCUT2D eigenvalue weighted by molar-refractivity contribution is -0.137. The molecule has 0 saturated heterocycles. The summed E-state index contributed by atoms with van der Waals surface area (Å²) < 4.78 is 64.5. The second kappa shape index (κ2) is 11.3. The van der Waals surface area contributed by atoms with Crippen molar-refractivity contribution in [2.24, 2.45) is 7.05 Å². The number of nitrogens with zero attached hydrogens (tertiary/aromatic N) is 2. The van der Waals surface area contributed by atoms with E-state index in [1.165, 1.54) is 19.2 Å². The van der Waals surface area contributed by atoms with E-state index in [9.17, 15) is 27.2 Å². The normalized spacial score (nSPS) is 10.9. The van der Waals surface area contributed by atoms with Crippen molar-refractivity contribution in [2.45, 2.75) is 6.18 Å². The Labute approximate surface area is 219 Å². The Kier molecular flexibility index (Phi) is 8.31. The molecule has 0 fully saturated rings. The van der Waals surface area contributed by atoms with Gasteiger partial charge in [-0.05, 0) is 54.6 Å². The third kappa shape index (κ3) is 6.42. The molecule has 200 valence electrons. The lowest BCUT2D eigenvalue weighted by atomic mass is 10.2. The highest BCUT2D eigenvalue weighted by Crippen LogP contribution is 2.32. The van der Waals surface area contributed by atoms with E-state index in [-0.39, 0.29) is 24.0 Å². The van der Waals surface area contributed by atoms with Gasteiger partial charge in [-0.3, -0.25) is 5.32 Å². The topological polar surface area (TPSA) is 107 Å². The fraction of sp³-hybridized carbons (Fsp3) is 0.125. The van der Waals surface area contributed by atoms with Gasteiger partial charge < -0.3 is 24.7 Å². The molecule has 0 aliphatic rings. The summed E-state index contributed by atoms with van der Waals surface area (Å²) in [6.07, 6.45) is -5.34. The van der Waals surface area contributed by atoms with Crippen LogP contribution in [0.1, 0.15) is 5.56 Å². The van der Waals surface area contributed by atoms with Crippen molar-refractivity contribution in [1.82, 2.24) is 9.55 Å². The van der Waals surface area contributed by atoms with Crippen LogP contribution in [0, 0.1) is 5.82 Å². The van der Waals surface area contributed by atoms with Gasteiger partial charge in [0.1, 0.15) is 17.3 Å². The highest BCUT2D eigenvalue weighted by atomic mass is 35.5. The average Bonchev–Trinajstić information content (AvgIpc) is 3.15. The maximum absolute atomic E-state index is 13.9. The number of rotatable bonds is 5. The first-order valence-electron chi connectivity index (χ1n) is 10.6. The van der Waals surface area contributed by atoms with Crippen LogP contribution in [0.25, 0.3) is 11.0 Å². The van der Waals surface area contributed by atoms with E-state index in [0.29, 0.717) is 40.7 Å². The van der Waals surface area contributed by atoms with E-state index in [0.717, 1.165) is 0 Å². The molecule has 1 heterocycles. The second-order valence-electron chi connectivity index (χ2n) is 7.66. The van der Waals surface area contributed by atoms with Crippen molar-refractivity contribution in [1.29, 1.82) is 0 Å². The Hall–Kier alpha value is -4.52. The molecule has 14 heteroatoms. The molecule has 0 spiro atoms. The summed E-state index contributed by atoms with van der Waals surface area (Å²) in [6, 6.07) is 12.0. The molecule has 0 radical (unpaired) electrons. The van der Waals surface area contributed by atoms with E-state index in [4.69, 9.17) is 4.74 Å². The zero-order valence-electron chi connectivity index (χ0n) is 19.7. The van der Waals surface area contributed by atoms with Gasteiger partial charge in [-0.1, -0.05) is 0 Å². The number of hydrogen-bond acceptors (Lipinski definition) is 5. The summed E-state index contributed by atoms with van der Waals surface area (Å²) in [7, 11) is 2.95. The molecule has 1 aromatic heterocycles. The summed E-state index contributed by atoms with van der Waals surface area (Å²) in [6.45, 7) is 0.